The van der Waals surface area contributed by atoms with Gasteiger partial charge in [0.15, 0.2) is 0 Å². The lowest BCUT2D eigenvalue weighted by molar-refractivity contribution is 0.314. The molecule has 2 nitrogen and oxygen atoms in total. The first-order chi connectivity index (χ1) is 7.84. The lowest BCUT2D eigenvalue weighted by Gasteiger charge is -2.28. The van der Waals surface area contributed by atoms with Gasteiger partial charge in [-0.25, -0.2) is 0 Å². The van der Waals surface area contributed by atoms with Crippen molar-refractivity contribution < 1.29 is 0 Å². The Bertz CT molecular complexity index is 177. The minimum atomic E-state index is 0.482. The molecule has 0 aromatic carbocycles. The van der Waals surface area contributed by atoms with Crippen LogP contribution in [0.1, 0.15) is 64.2 Å². The summed E-state index contributed by atoms with van der Waals surface area (Å²) in [6.45, 7) is 1.26. The van der Waals surface area contributed by atoms with Crippen LogP contribution in [0.3, 0.4) is 0 Å². The van der Waals surface area contributed by atoms with Gasteiger partial charge in [-0.2, -0.15) is 0 Å². The molecule has 0 unspecified atom stereocenters. The summed E-state index contributed by atoms with van der Waals surface area (Å²) in [7, 11) is 0. The maximum absolute atomic E-state index is 5.93. The molecule has 0 radical (unpaired) electrons. The zero-order valence-electron chi connectivity index (χ0n) is 10.6. The van der Waals surface area contributed by atoms with E-state index in [2.05, 4.69) is 5.32 Å². The molecular weight excluding hydrogens is 196 g/mol. The van der Waals surface area contributed by atoms with E-state index in [9.17, 15) is 0 Å². The number of hydrogen-bond acceptors (Lipinski definition) is 2. The first-order valence-corrected chi connectivity index (χ1v) is 7.33. The van der Waals surface area contributed by atoms with E-state index in [0.29, 0.717) is 6.04 Å². The van der Waals surface area contributed by atoms with Gasteiger partial charge in [0.2, 0.25) is 0 Å². The van der Waals surface area contributed by atoms with E-state index in [0.717, 1.165) is 12.0 Å². The van der Waals surface area contributed by atoms with Crippen LogP contribution in [0.5, 0.6) is 0 Å². The molecule has 3 N–H and O–H groups in total. The number of hydrogen-bond donors (Lipinski definition) is 2. The standard InChI is InChI=1S/C14H28N2/c15-13-7-9-14(10-8-13)16-11-12-5-3-1-2-4-6-12/h12-14,16H,1-11,15H2. The Labute approximate surface area is 100 Å². The Kier molecular flexibility index (Phi) is 5.11. The lowest BCUT2D eigenvalue weighted by Crippen LogP contribution is -2.39. The third kappa shape index (κ3) is 4.06. The third-order valence-electron chi connectivity index (χ3n) is 4.44. The Hall–Kier alpha value is -0.0800. The average Bonchev–Trinajstić information content (AvgIpc) is 2.57. The molecule has 2 aliphatic carbocycles. The molecule has 16 heavy (non-hydrogen) atoms. The van der Waals surface area contributed by atoms with E-state index < -0.39 is 0 Å². The molecule has 94 valence electrons. The van der Waals surface area contributed by atoms with Crippen molar-refractivity contribution in [3.8, 4) is 0 Å². The molecule has 0 aromatic rings. The van der Waals surface area contributed by atoms with Gasteiger partial charge in [0.1, 0.15) is 0 Å². The Morgan fingerprint density at radius 3 is 2.06 bits per heavy atom. The SMILES string of the molecule is NC1CCC(NCC2CCCCCC2)CC1. The molecule has 2 saturated carbocycles. The monoisotopic (exact) mass is 224 g/mol. The molecule has 0 heterocycles. The number of nitrogens with two attached hydrogens (primary N) is 1. The second-order valence-electron chi connectivity index (χ2n) is 5.88. The molecule has 2 rings (SSSR count). The highest BCUT2D eigenvalue weighted by molar-refractivity contribution is 4.79. The van der Waals surface area contributed by atoms with Gasteiger partial charge in [0.05, 0.1) is 0 Å². The highest BCUT2D eigenvalue weighted by Crippen LogP contribution is 2.23. The Morgan fingerprint density at radius 1 is 0.812 bits per heavy atom. The quantitative estimate of drug-likeness (QED) is 0.723. The molecule has 2 heteroatoms. The van der Waals surface area contributed by atoms with Crippen LogP contribution in [0.4, 0.5) is 0 Å². The van der Waals surface area contributed by atoms with E-state index in [-0.39, 0.29) is 0 Å². The summed E-state index contributed by atoms with van der Waals surface area (Å²) in [6, 6.07) is 1.25. The van der Waals surface area contributed by atoms with Crippen molar-refractivity contribution in [1.82, 2.24) is 5.32 Å². The van der Waals surface area contributed by atoms with Crippen LogP contribution >= 0.6 is 0 Å². The smallest absolute Gasteiger partial charge is 0.00683 e. The van der Waals surface area contributed by atoms with E-state index >= 15 is 0 Å². The fraction of sp³-hybridized carbons (Fsp3) is 1.00. The lowest BCUT2D eigenvalue weighted by atomic mass is 9.91. The molecule has 0 spiro atoms. The van der Waals surface area contributed by atoms with Gasteiger partial charge in [-0.3, -0.25) is 0 Å². The van der Waals surface area contributed by atoms with Crippen LogP contribution < -0.4 is 11.1 Å². The largest absolute Gasteiger partial charge is 0.328 e. The summed E-state index contributed by atoms with van der Waals surface area (Å²) >= 11 is 0. The van der Waals surface area contributed by atoms with E-state index in [1.54, 1.807) is 0 Å². The maximum atomic E-state index is 5.93. The third-order valence-corrected chi connectivity index (χ3v) is 4.44. The second-order valence-corrected chi connectivity index (χ2v) is 5.88. The molecule has 0 bridgehead atoms. The fourth-order valence-corrected chi connectivity index (χ4v) is 3.22. The molecule has 0 saturated heterocycles. The normalized spacial score (nSPS) is 33.6. The summed E-state index contributed by atoms with van der Waals surface area (Å²) in [5, 5.41) is 3.78. The van der Waals surface area contributed by atoms with E-state index in [4.69, 9.17) is 5.73 Å². The van der Waals surface area contributed by atoms with Crippen LogP contribution in [0, 0.1) is 5.92 Å². The zero-order valence-corrected chi connectivity index (χ0v) is 10.6. The summed E-state index contributed by atoms with van der Waals surface area (Å²) in [6.07, 6.45) is 13.8. The fourth-order valence-electron chi connectivity index (χ4n) is 3.22. The molecule has 0 aromatic heterocycles. The summed E-state index contributed by atoms with van der Waals surface area (Å²) in [5.41, 5.74) is 5.93. The first kappa shape index (κ1) is 12.4. The van der Waals surface area contributed by atoms with Crippen molar-refractivity contribution >= 4 is 0 Å². The van der Waals surface area contributed by atoms with Crippen LogP contribution in [0.25, 0.3) is 0 Å². The van der Waals surface area contributed by atoms with Gasteiger partial charge >= 0.3 is 0 Å². The molecule has 0 atom stereocenters. The van der Waals surface area contributed by atoms with Crippen molar-refractivity contribution in [2.24, 2.45) is 11.7 Å². The zero-order chi connectivity index (χ0) is 11.2. The highest BCUT2D eigenvalue weighted by Gasteiger charge is 2.19. The van der Waals surface area contributed by atoms with Gasteiger partial charge in [-0.1, -0.05) is 25.7 Å². The predicted molar refractivity (Wildman–Crippen MR) is 69.4 cm³/mol. The van der Waals surface area contributed by atoms with Crippen molar-refractivity contribution in [3.05, 3.63) is 0 Å². The van der Waals surface area contributed by atoms with Crippen LogP contribution in [-0.2, 0) is 0 Å². The number of nitrogens with one attached hydrogen (secondary N) is 1. The van der Waals surface area contributed by atoms with Crippen LogP contribution in [0.2, 0.25) is 0 Å². The maximum Gasteiger partial charge on any atom is 0.00683 e. The summed E-state index contributed by atoms with van der Waals surface area (Å²) < 4.78 is 0. The van der Waals surface area contributed by atoms with Crippen molar-refractivity contribution in [3.63, 3.8) is 0 Å². The topological polar surface area (TPSA) is 38.0 Å². The predicted octanol–water partition coefficient (Wildman–Crippen LogP) is 2.82. The van der Waals surface area contributed by atoms with Gasteiger partial charge in [-0.15, -0.1) is 0 Å². The molecule has 0 amide bonds. The van der Waals surface area contributed by atoms with Gasteiger partial charge in [-0.05, 0) is 51.0 Å². The first-order valence-electron chi connectivity index (χ1n) is 7.33. The van der Waals surface area contributed by atoms with Gasteiger partial charge < -0.3 is 11.1 Å². The molecular formula is C14H28N2. The van der Waals surface area contributed by atoms with Crippen molar-refractivity contribution in [1.29, 1.82) is 0 Å². The van der Waals surface area contributed by atoms with Gasteiger partial charge in [0, 0.05) is 12.1 Å². The minimum absolute atomic E-state index is 0.482. The van der Waals surface area contributed by atoms with Crippen molar-refractivity contribution in [2.75, 3.05) is 6.54 Å². The Balaban J connectivity index is 1.62. The summed E-state index contributed by atoms with van der Waals surface area (Å²) in [5.74, 6) is 0.957. The van der Waals surface area contributed by atoms with E-state index in [1.807, 2.05) is 0 Å². The van der Waals surface area contributed by atoms with Crippen LogP contribution in [0.15, 0.2) is 0 Å². The van der Waals surface area contributed by atoms with Crippen molar-refractivity contribution in [2.45, 2.75) is 76.3 Å². The van der Waals surface area contributed by atoms with Crippen LogP contribution in [-0.4, -0.2) is 18.6 Å². The van der Waals surface area contributed by atoms with E-state index in [1.165, 1.54) is 70.8 Å². The summed E-state index contributed by atoms with van der Waals surface area (Å²) in [4.78, 5) is 0. The number of rotatable bonds is 3. The Morgan fingerprint density at radius 2 is 1.44 bits per heavy atom. The van der Waals surface area contributed by atoms with Gasteiger partial charge in [0.25, 0.3) is 0 Å². The average molecular weight is 224 g/mol. The molecule has 0 aliphatic heterocycles. The highest BCUT2D eigenvalue weighted by atomic mass is 14.9. The molecule has 2 fully saturated rings. The molecule has 2 aliphatic rings. The minimum Gasteiger partial charge on any atom is -0.328 e. The second kappa shape index (κ2) is 6.61.